The molecular weight excluding hydrogens is 322 g/mol. The number of aldehydes is 1. The summed E-state index contributed by atoms with van der Waals surface area (Å²) in [7, 11) is 0. The Morgan fingerprint density at radius 1 is 1.17 bits per heavy atom. The first kappa shape index (κ1) is 13.1. The van der Waals surface area contributed by atoms with Crippen LogP contribution in [0.1, 0.15) is 10.4 Å². The first-order valence-electron chi connectivity index (χ1n) is 4.98. The molecular formula is C13H7BrClFO2. The Morgan fingerprint density at radius 2 is 1.94 bits per heavy atom. The summed E-state index contributed by atoms with van der Waals surface area (Å²) < 4.78 is 19.2. The third-order valence-electron chi connectivity index (χ3n) is 2.21. The molecule has 0 radical (unpaired) electrons. The predicted molar refractivity (Wildman–Crippen MR) is 71.0 cm³/mol. The van der Waals surface area contributed by atoms with E-state index >= 15 is 0 Å². The van der Waals surface area contributed by atoms with E-state index in [1.54, 1.807) is 12.1 Å². The van der Waals surface area contributed by atoms with Gasteiger partial charge in [0, 0.05) is 11.1 Å². The highest BCUT2D eigenvalue weighted by atomic mass is 79.9. The Kier molecular flexibility index (Phi) is 3.99. The molecule has 2 aromatic rings. The van der Waals surface area contributed by atoms with Gasteiger partial charge in [0.15, 0.2) is 6.29 Å². The van der Waals surface area contributed by atoms with Crippen LogP contribution in [0.5, 0.6) is 11.5 Å². The number of benzene rings is 2. The first-order valence-corrected chi connectivity index (χ1v) is 6.15. The monoisotopic (exact) mass is 328 g/mol. The Bertz CT molecular complexity index is 602. The minimum absolute atomic E-state index is 0.292. The molecule has 0 saturated heterocycles. The van der Waals surface area contributed by atoms with Crippen molar-refractivity contribution in [3.8, 4) is 11.5 Å². The minimum atomic E-state index is -0.421. The van der Waals surface area contributed by atoms with E-state index in [0.717, 1.165) is 0 Å². The summed E-state index contributed by atoms with van der Waals surface area (Å²) in [5.74, 6) is 0.191. The van der Waals surface area contributed by atoms with E-state index in [4.69, 9.17) is 16.3 Å². The van der Waals surface area contributed by atoms with Gasteiger partial charge in [0.2, 0.25) is 0 Å². The van der Waals surface area contributed by atoms with Gasteiger partial charge in [-0.2, -0.15) is 0 Å². The molecule has 0 saturated carbocycles. The zero-order chi connectivity index (χ0) is 13.1. The van der Waals surface area contributed by atoms with Crippen LogP contribution in [0, 0.1) is 5.82 Å². The lowest BCUT2D eigenvalue weighted by Gasteiger charge is -2.09. The van der Waals surface area contributed by atoms with E-state index in [1.165, 1.54) is 24.3 Å². The summed E-state index contributed by atoms with van der Waals surface area (Å²) in [4.78, 5) is 10.9. The van der Waals surface area contributed by atoms with Crippen molar-refractivity contribution in [2.75, 3.05) is 0 Å². The van der Waals surface area contributed by atoms with E-state index in [-0.39, 0.29) is 0 Å². The fraction of sp³-hybridized carbons (Fsp3) is 0. The molecule has 18 heavy (non-hydrogen) atoms. The molecule has 0 aliphatic carbocycles. The van der Waals surface area contributed by atoms with Crippen LogP contribution >= 0.6 is 27.5 Å². The summed E-state index contributed by atoms with van der Waals surface area (Å²) in [5, 5.41) is 0.433. The second-order valence-corrected chi connectivity index (χ2v) is 4.77. The second-order valence-electron chi connectivity index (χ2n) is 3.48. The lowest BCUT2D eigenvalue weighted by atomic mass is 10.2. The number of halogens is 3. The topological polar surface area (TPSA) is 26.3 Å². The number of hydrogen-bond donors (Lipinski definition) is 0. The van der Waals surface area contributed by atoms with Crippen molar-refractivity contribution in [3.63, 3.8) is 0 Å². The second kappa shape index (κ2) is 5.50. The number of carbonyl (C=O) groups is 1. The molecule has 0 N–H and O–H groups in total. The molecule has 0 aromatic heterocycles. The fourth-order valence-corrected chi connectivity index (χ4v) is 1.89. The van der Waals surface area contributed by atoms with Gasteiger partial charge in [0.05, 0.1) is 10.0 Å². The van der Waals surface area contributed by atoms with Crippen LogP contribution in [0.2, 0.25) is 5.02 Å². The molecule has 0 aliphatic heterocycles. The summed E-state index contributed by atoms with van der Waals surface area (Å²) in [6, 6.07) is 8.70. The molecule has 0 unspecified atom stereocenters. The van der Waals surface area contributed by atoms with E-state index in [0.29, 0.717) is 32.8 Å². The van der Waals surface area contributed by atoms with Gasteiger partial charge in [-0.25, -0.2) is 4.39 Å². The Morgan fingerprint density at radius 3 is 2.67 bits per heavy atom. The fourth-order valence-electron chi connectivity index (χ4n) is 1.38. The van der Waals surface area contributed by atoms with Crippen molar-refractivity contribution >= 4 is 33.8 Å². The number of hydrogen-bond acceptors (Lipinski definition) is 2. The summed E-state index contributed by atoms with van der Waals surface area (Å²) >= 11 is 9.01. The smallest absolute Gasteiger partial charge is 0.153 e. The van der Waals surface area contributed by atoms with E-state index in [1.807, 2.05) is 0 Å². The van der Waals surface area contributed by atoms with Crippen molar-refractivity contribution in [1.82, 2.24) is 0 Å². The van der Waals surface area contributed by atoms with Crippen LogP contribution in [0.25, 0.3) is 0 Å². The highest BCUT2D eigenvalue weighted by Crippen LogP contribution is 2.32. The molecule has 92 valence electrons. The third-order valence-corrected chi connectivity index (χ3v) is 3.10. The molecule has 2 aromatic carbocycles. The van der Waals surface area contributed by atoms with Crippen molar-refractivity contribution in [3.05, 3.63) is 57.3 Å². The summed E-state index contributed by atoms with van der Waals surface area (Å²) in [6.07, 6.45) is 0.633. The highest BCUT2D eigenvalue weighted by molar-refractivity contribution is 9.10. The maximum Gasteiger partial charge on any atom is 0.153 e. The molecule has 0 atom stereocenters. The zero-order valence-electron chi connectivity index (χ0n) is 8.99. The first-order chi connectivity index (χ1) is 8.60. The summed E-state index contributed by atoms with van der Waals surface area (Å²) in [6.45, 7) is 0. The van der Waals surface area contributed by atoms with Crippen molar-refractivity contribution in [2.24, 2.45) is 0 Å². The van der Waals surface area contributed by atoms with Crippen LogP contribution < -0.4 is 4.74 Å². The van der Waals surface area contributed by atoms with Crippen molar-refractivity contribution in [1.29, 1.82) is 0 Å². The van der Waals surface area contributed by atoms with E-state index < -0.39 is 5.82 Å². The van der Waals surface area contributed by atoms with Gasteiger partial charge < -0.3 is 4.74 Å². The van der Waals surface area contributed by atoms with Gasteiger partial charge in [-0.15, -0.1) is 0 Å². The van der Waals surface area contributed by atoms with Crippen molar-refractivity contribution in [2.45, 2.75) is 0 Å². The Labute approximate surface area is 116 Å². The molecule has 0 bridgehead atoms. The van der Waals surface area contributed by atoms with Crippen LogP contribution in [-0.4, -0.2) is 6.29 Å². The lowest BCUT2D eigenvalue weighted by molar-refractivity contribution is 0.112. The van der Waals surface area contributed by atoms with Gasteiger partial charge >= 0.3 is 0 Å². The van der Waals surface area contributed by atoms with Crippen LogP contribution in [0.4, 0.5) is 4.39 Å². The zero-order valence-corrected chi connectivity index (χ0v) is 11.3. The van der Waals surface area contributed by atoms with Gasteiger partial charge in [0.1, 0.15) is 17.3 Å². The Balaban J connectivity index is 2.39. The SMILES string of the molecule is O=Cc1cc(Cl)ccc1Oc1cc(F)ccc1Br. The van der Waals surface area contributed by atoms with Gasteiger partial charge in [0.25, 0.3) is 0 Å². The maximum atomic E-state index is 13.1. The van der Waals surface area contributed by atoms with Crippen LogP contribution in [-0.2, 0) is 0 Å². The largest absolute Gasteiger partial charge is 0.455 e. The number of ether oxygens (including phenoxy) is 1. The van der Waals surface area contributed by atoms with Crippen LogP contribution in [0.3, 0.4) is 0 Å². The average Bonchev–Trinajstić information content (AvgIpc) is 2.36. The predicted octanol–water partition coefficient (Wildman–Crippen LogP) is 4.85. The lowest BCUT2D eigenvalue weighted by Crippen LogP contribution is -1.92. The van der Waals surface area contributed by atoms with Gasteiger partial charge in [-0.1, -0.05) is 11.6 Å². The summed E-state index contributed by atoms with van der Waals surface area (Å²) in [5.41, 5.74) is 0.304. The molecule has 5 heteroatoms. The van der Waals surface area contributed by atoms with E-state index in [2.05, 4.69) is 15.9 Å². The quantitative estimate of drug-likeness (QED) is 0.753. The third kappa shape index (κ3) is 2.89. The molecule has 0 aliphatic rings. The van der Waals surface area contributed by atoms with E-state index in [9.17, 15) is 9.18 Å². The number of rotatable bonds is 3. The molecule has 2 nitrogen and oxygen atoms in total. The standard InChI is InChI=1S/C13H7BrClFO2/c14-11-3-2-10(16)6-13(11)18-12-4-1-9(15)5-8(12)7-17/h1-7H. The highest BCUT2D eigenvalue weighted by Gasteiger charge is 2.08. The molecule has 2 rings (SSSR count). The molecule has 0 amide bonds. The maximum absolute atomic E-state index is 13.1. The molecule has 0 heterocycles. The molecule has 0 spiro atoms. The number of carbonyl (C=O) groups excluding carboxylic acids is 1. The van der Waals surface area contributed by atoms with Gasteiger partial charge in [-0.3, -0.25) is 4.79 Å². The van der Waals surface area contributed by atoms with Crippen LogP contribution in [0.15, 0.2) is 40.9 Å². The van der Waals surface area contributed by atoms with Crippen molar-refractivity contribution < 1.29 is 13.9 Å². The Hall–Kier alpha value is -1.39. The average molecular weight is 330 g/mol. The minimum Gasteiger partial charge on any atom is -0.455 e. The molecule has 0 fully saturated rings. The normalized spacial score (nSPS) is 10.2. The van der Waals surface area contributed by atoms with Gasteiger partial charge in [-0.05, 0) is 46.3 Å².